The van der Waals surface area contributed by atoms with Crippen molar-refractivity contribution >= 4 is 0 Å². The van der Waals surface area contributed by atoms with Crippen molar-refractivity contribution in [2.75, 3.05) is 13.2 Å². The lowest BCUT2D eigenvalue weighted by molar-refractivity contribution is 0.0154. The molecule has 2 rings (SSSR count). The molecule has 0 saturated carbocycles. The third-order valence-electron chi connectivity index (χ3n) is 3.09. The molecule has 3 N–H and O–H groups in total. The molecule has 0 aromatic heterocycles. The highest BCUT2D eigenvalue weighted by Crippen LogP contribution is 2.32. The Kier molecular flexibility index (Phi) is 2.08. The molecule has 4 heteroatoms. The van der Waals surface area contributed by atoms with Crippen molar-refractivity contribution < 1.29 is 15.3 Å². The van der Waals surface area contributed by atoms with Crippen LogP contribution in [0.15, 0.2) is 0 Å². The van der Waals surface area contributed by atoms with Gasteiger partial charge in [-0.3, -0.25) is 4.90 Å². The minimum Gasteiger partial charge on any atom is -0.395 e. The Morgan fingerprint density at radius 1 is 1.25 bits per heavy atom. The van der Waals surface area contributed by atoms with Crippen LogP contribution in [-0.4, -0.2) is 57.7 Å². The number of aliphatic hydroxyl groups is 3. The van der Waals surface area contributed by atoms with Gasteiger partial charge in [0, 0.05) is 6.04 Å². The molecule has 0 aromatic carbocycles. The maximum absolute atomic E-state index is 9.57. The van der Waals surface area contributed by atoms with Crippen LogP contribution in [0.5, 0.6) is 0 Å². The van der Waals surface area contributed by atoms with E-state index in [0.717, 1.165) is 19.4 Å². The average Bonchev–Trinajstić information content (AvgIpc) is 2.59. The molecule has 4 atom stereocenters. The zero-order valence-electron chi connectivity index (χ0n) is 6.93. The summed E-state index contributed by atoms with van der Waals surface area (Å²) in [7, 11) is 0. The minimum absolute atomic E-state index is 0.0608. The van der Waals surface area contributed by atoms with Crippen LogP contribution >= 0.6 is 0 Å². The number of hydrogen-bond acceptors (Lipinski definition) is 4. The molecule has 70 valence electrons. The Morgan fingerprint density at radius 2 is 2.00 bits per heavy atom. The van der Waals surface area contributed by atoms with Crippen molar-refractivity contribution in [2.45, 2.75) is 37.1 Å². The van der Waals surface area contributed by atoms with Gasteiger partial charge in [-0.1, -0.05) is 0 Å². The van der Waals surface area contributed by atoms with Crippen LogP contribution in [0.1, 0.15) is 12.8 Å². The summed E-state index contributed by atoms with van der Waals surface area (Å²) in [4.78, 5) is 2.02. The predicted molar refractivity (Wildman–Crippen MR) is 42.6 cm³/mol. The lowest BCUT2D eigenvalue weighted by Gasteiger charge is -2.21. The summed E-state index contributed by atoms with van der Waals surface area (Å²) in [5.74, 6) is 0. The van der Waals surface area contributed by atoms with Crippen LogP contribution in [0.4, 0.5) is 0 Å². The number of rotatable bonds is 1. The van der Waals surface area contributed by atoms with Gasteiger partial charge in [-0.05, 0) is 19.4 Å². The van der Waals surface area contributed by atoms with Crippen LogP contribution in [0.3, 0.4) is 0 Å². The maximum atomic E-state index is 9.57. The van der Waals surface area contributed by atoms with Crippen molar-refractivity contribution in [3.05, 3.63) is 0 Å². The molecule has 0 amide bonds. The van der Waals surface area contributed by atoms with E-state index in [4.69, 9.17) is 5.11 Å². The molecule has 2 saturated heterocycles. The van der Waals surface area contributed by atoms with Gasteiger partial charge in [-0.2, -0.15) is 0 Å². The van der Waals surface area contributed by atoms with E-state index in [9.17, 15) is 10.2 Å². The summed E-state index contributed by atoms with van der Waals surface area (Å²) in [6.07, 6.45) is 0.574. The second-order valence-electron chi connectivity index (χ2n) is 3.68. The first-order chi connectivity index (χ1) is 5.75. The molecular formula is C8H15NO3. The molecular weight excluding hydrogens is 158 g/mol. The van der Waals surface area contributed by atoms with Gasteiger partial charge in [-0.25, -0.2) is 0 Å². The Hall–Kier alpha value is -0.160. The fraction of sp³-hybridized carbons (Fsp3) is 1.00. The van der Waals surface area contributed by atoms with Gasteiger partial charge < -0.3 is 15.3 Å². The van der Waals surface area contributed by atoms with E-state index in [0.29, 0.717) is 0 Å². The van der Waals surface area contributed by atoms with Gasteiger partial charge in [0.05, 0.1) is 24.9 Å². The van der Waals surface area contributed by atoms with Crippen LogP contribution in [0, 0.1) is 0 Å². The first-order valence-corrected chi connectivity index (χ1v) is 4.48. The van der Waals surface area contributed by atoms with Gasteiger partial charge in [0.2, 0.25) is 0 Å². The van der Waals surface area contributed by atoms with Gasteiger partial charge in [-0.15, -0.1) is 0 Å². The number of fused-ring (bicyclic) bond motifs is 1. The first-order valence-electron chi connectivity index (χ1n) is 4.48. The van der Waals surface area contributed by atoms with E-state index in [-0.39, 0.29) is 18.7 Å². The summed E-state index contributed by atoms with van der Waals surface area (Å²) < 4.78 is 0. The summed E-state index contributed by atoms with van der Waals surface area (Å²) in [5, 5.41) is 28.1. The topological polar surface area (TPSA) is 63.9 Å². The standard InChI is InChI=1S/C8H15NO3/c10-4-6-8(12)7(11)5-2-1-3-9(5)6/h5-8,10-12H,1-4H2/t5-,6+,7+,8-/m0/s1. The molecule has 0 aliphatic carbocycles. The van der Waals surface area contributed by atoms with Crippen LogP contribution in [0.25, 0.3) is 0 Å². The molecule has 4 nitrogen and oxygen atoms in total. The maximum Gasteiger partial charge on any atom is 0.0991 e. The summed E-state index contributed by atoms with van der Waals surface area (Å²) >= 11 is 0. The van der Waals surface area contributed by atoms with Gasteiger partial charge >= 0.3 is 0 Å². The average molecular weight is 173 g/mol. The largest absolute Gasteiger partial charge is 0.395 e. The Labute approximate surface area is 71.4 Å². The van der Waals surface area contributed by atoms with Crippen molar-refractivity contribution in [1.29, 1.82) is 0 Å². The van der Waals surface area contributed by atoms with E-state index in [1.54, 1.807) is 0 Å². The van der Waals surface area contributed by atoms with Crippen molar-refractivity contribution in [1.82, 2.24) is 4.90 Å². The van der Waals surface area contributed by atoms with Crippen molar-refractivity contribution in [3.8, 4) is 0 Å². The number of aliphatic hydroxyl groups excluding tert-OH is 3. The van der Waals surface area contributed by atoms with E-state index in [1.807, 2.05) is 4.90 Å². The second kappa shape index (κ2) is 2.96. The van der Waals surface area contributed by atoms with E-state index in [2.05, 4.69) is 0 Å². The lowest BCUT2D eigenvalue weighted by atomic mass is 10.1. The van der Waals surface area contributed by atoms with E-state index >= 15 is 0 Å². The first kappa shape index (κ1) is 8.44. The molecule has 2 aliphatic heterocycles. The molecule has 2 heterocycles. The molecule has 12 heavy (non-hydrogen) atoms. The molecule has 2 aliphatic rings. The third kappa shape index (κ3) is 0.992. The molecule has 0 aromatic rings. The van der Waals surface area contributed by atoms with Crippen LogP contribution in [0.2, 0.25) is 0 Å². The smallest absolute Gasteiger partial charge is 0.0991 e. The number of hydrogen-bond donors (Lipinski definition) is 3. The fourth-order valence-electron chi connectivity index (χ4n) is 2.46. The lowest BCUT2D eigenvalue weighted by Crippen LogP contribution is -2.38. The summed E-state index contributed by atoms with van der Waals surface area (Å²) in [5.41, 5.74) is 0. The highest BCUT2D eigenvalue weighted by atomic mass is 16.3. The Balaban J connectivity index is 2.15. The van der Waals surface area contributed by atoms with E-state index in [1.165, 1.54) is 0 Å². The van der Waals surface area contributed by atoms with Crippen LogP contribution in [-0.2, 0) is 0 Å². The van der Waals surface area contributed by atoms with E-state index < -0.39 is 12.2 Å². The molecule has 0 spiro atoms. The highest BCUT2D eigenvalue weighted by molar-refractivity contribution is 5.03. The predicted octanol–water partition coefficient (Wildman–Crippen LogP) is -1.45. The minimum atomic E-state index is -0.764. The van der Waals surface area contributed by atoms with Crippen molar-refractivity contribution in [3.63, 3.8) is 0 Å². The monoisotopic (exact) mass is 173 g/mol. The molecule has 2 fully saturated rings. The zero-order valence-corrected chi connectivity index (χ0v) is 6.93. The van der Waals surface area contributed by atoms with Crippen molar-refractivity contribution in [2.24, 2.45) is 0 Å². The molecule has 0 radical (unpaired) electrons. The third-order valence-corrected chi connectivity index (χ3v) is 3.09. The zero-order chi connectivity index (χ0) is 8.72. The molecule has 0 bridgehead atoms. The van der Waals surface area contributed by atoms with Gasteiger partial charge in [0.1, 0.15) is 0 Å². The highest BCUT2D eigenvalue weighted by Gasteiger charge is 2.48. The Bertz CT molecular complexity index is 174. The normalized spacial score (nSPS) is 48.2. The summed E-state index contributed by atoms with van der Waals surface area (Å²) in [6, 6.07) is -0.162. The SMILES string of the molecule is OC[C@@H]1[C@H](O)[C@H](O)[C@@H]2CCCN12. The quantitative estimate of drug-likeness (QED) is 0.454. The molecule has 0 unspecified atom stereocenters. The second-order valence-corrected chi connectivity index (χ2v) is 3.68. The number of nitrogens with zero attached hydrogens (tertiary/aromatic N) is 1. The van der Waals surface area contributed by atoms with Crippen LogP contribution < -0.4 is 0 Å². The van der Waals surface area contributed by atoms with Gasteiger partial charge in [0.15, 0.2) is 0 Å². The van der Waals surface area contributed by atoms with Gasteiger partial charge in [0.25, 0.3) is 0 Å². The summed E-state index contributed by atoms with van der Waals surface area (Å²) in [6.45, 7) is 0.832. The Morgan fingerprint density at radius 3 is 2.67 bits per heavy atom. The fourth-order valence-corrected chi connectivity index (χ4v) is 2.46.